The van der Waals surface area contributed by atoms with Gasteiger partial charge in [-0.2, -0.15) is 5.10 Å². The van der Waals surface area contributed by atoms with Gasteiger partial charge in [0.05, 0.1) is 18.4 Å². The number of nitrogens with one attached hydrogen (secondary N) is 1. The molecule has 8 heteroatoms. The van der Waals surface area contributed by atoms with Gasteiger partial charge in [-0.15, -0.1) is 0 Å². The molecule has 0 spiro atoms. The molecule has 0 saturated carbocycles. The van der Waals surface area contributed by atoms with Crippen molar-refractivity contribution in [3.05, 3.63) is 47.0 Å². The highest BCUT2D eigenvalue weighted by atomic mass is 79.9. The van der Waals surface area contributed by atoms with Crippen LogP contribution in [0, 0.1) is 0 Å². The monoisotopic (exact) mass is 361 g/mol. The SMILES string of the molecule is CCOC(=O)c1cccc(Nc2ncc(Br)n3ncnc23)c1. The average Bonchev–Trinajstić information content (AvgIpc) is 3.01. The summed E-state index contributed by atoms with van der Waals surface area (Å²) in [5.74, 6) is 0.184. The number of rotatable bonds is 4. The van der Waals surface area contributed by atoms with Crippen molar-refractivity contribution < 1.29 is 9.53 Å². The summed E-state index contributed by atoms with van der Waals surface area (Å²) >= 11 is 3.35. The fourth-order valence-electron chi connectivity index (χ4n) is 1.95. The molecule has 0 radical (unpaired) electrons. The van der Waals surface area contributed by atoms with E-state index in [1.54, 1.807) is 35.8 Å². The van der Waals surface area contributed by atoms with Crippen molar-refractivity contribution in [3.63, 3.8) is 0 Å². The molecule has 3 aromatic rings. The maximum atomic E-state index is 11.8. The lowest BCUT2D eigenvalue weighted by molar-refractivity contribution is 0.0526. The van der Waals surface area contributed by atoms with Gasteiger partial charge in [0.2, 0.25) is 0 Å². The van der Waals surface area contributed by atoms with E-state index in [4.69, 9.17) is 4.74 Å². The van der Waals surface area contributed by atoms with Gasteiger partial charge < -0.3 is 10.1 Å². The van der Waals surface area contributed by atoms with Gasteiger partial charge in [-0.25, -0.2) is 19.3 Å². The zero-order valence-corrected chi connectivity index (χ0v) is 13.2. The molecule has 2 aromatic heterocycles. The van der Waals surface area contributed by atoms with Gasteiger partial charge in [0.1, 0.15) is 10.9 Å². The van der Waals surface area contributed by atoms with Crippen LogP contribution in [0.25, 0.3) is 5.65 Å². The van der Waals surface area contributed by atoms with Crippen molar-refractivity contribution in [1.82, 2.24) is 19.6 Å². The Morgan fingerprint density at radius 1 is 1.41 bits per heavy atom. The summed E-state index contributed by atoms with van der Waals surface area (Å²) in [6.07, 6.45) is 3.07. The first-order valence-corrected chi connectivity index (χ1v) is 7.37. The van der Waals surface area contributed by atoms with E-state index >= 15 is 0 Å². The maximum absolute atomic E-state index is 11.8. The van der Waals surface area contributed by atoms with Crippen LogP contribution >= 0.6 is 15.9 Å². The number of esters is 1. The molecule has 112 valence electrons. The Kier molecular flexibility index (Phi) is 4.01. The Hall–Kier alpha value is -2.48. The Balaban J connectivity index is 1.92. The molecular formula is C14H12BrN5O2. The number of nitrogens with zero attached hydrogens (tertiary/aromatic N) is 4. The number of hydrogen-bond donors (Lipinski definition) is 1. The van der Waals surface area contributed by atoms with Crippen molar-refractivity contribution in [1.29, 1.82) is 0 Å². The average molecular weight is 362 g/mol. The summed E-state index contributed by atoms with van der Waals surface area (Å²) in [5.41, 5.74) is 1.77. The van der Waals surface area contributed by atoms with E-state index in [-0.39, 0.29) is 5.97 Å². The molecule has 0 unspecified atom stereocenters. The molecule has 7 nitrogen and oxygen atoms in total. The molecule has 2 heterocycles. The molecule has 0 aliphatic rings. The van der Waals surface area contributed by atoms with Gasteiger partial charge in [0, 0.05) is 5.69 Å². The van der Waals surface area contributed by atoms with Crippen LogP contribution in [0.15, 0.2) is 41.4 Å². The summed E-state index contributed by atoms with van der Waals surface area (Å²) in [7, 11) is 0. The first kappa shape index (κ1) is 14.5. The summed E-state index contributed by atoms with van der Waals surface area (Å²) in [4.78, 5) is 20.2. The molecule has 0 atom stereocenters. The fourth-order valence-corrected chi connectivity index (χ4v) is 2.31. The number of benzene rings is 1. The Morgan fingerprint density at radius 2 is 2.27 bits per heavy atom. The molecule has 22 heavy (non-hydrogen) atoms. The number of anilines is 2. The normalized spacial score (nSPS) is 10.6. The first-order valence-electron chi connectivity index (χ1n) is 6.57. The van der Waals surface area contributed by atoms with Gasteiger partial charge in [-0.3, -0.25) is 0 Å². The van der Waals surface area contributed by atoms with Crippen LogP contribution in [0.5, 0.6) is 0 Å². The standard InChI is InChI=1S/C14H12BrN5O2/c1-2-22-14(21)9-4-3-5-10(6-9)19-12-13-17-8-18-20(13)11(15)7-16-12/h3-8H,2H2,1H3,(H,16,19). The Bertz CT molecular complexity index is 833. The van der Waals surface area contributed by atoms with Crippen LogP contribution in [0.4, 0.5) is 11.5 Å². The Morgan fingerprint density at radius 3 is 3.09 bits per heavy atom. The highest BCUT2D eigenvalue weighted by molar-refractivity contribution is 9.10. The van der Waals surface area contributed by atoms with Crippen molar-refractivity contribution in [3.8, 4) is 0 Å². The number of aromatic nitrogens is 4. The highest BCUT2D eigenvalue weighted by Crippen LogP contribution is 2.21. The van der Waals surface area contributed by atoms with Crippen LogP contribution in [-0.4, -0.2) is 32.2 Å². The lowest BCUT2D eigenvalue weighted by Gasteiger charge is -2.08. The highest BCUT2D eigenvalue weighted by Gasteiger charge is 2.10. The predicted octanol–water partition coefficient (Wildman–Crippen LogP) is 2.81. The molecule has 1 aromatic carbocycles. The van der Waals surface area contributed by atoms with Crippen molar-refractivity contribution in [2.24, 2.45) is 0 Å². The molecule has 0 aliphatic heterocycles. The van der Waals surface area contributed by atoms with E-state index in [1.165, 1.54) is 6.33 Å². The number of fused-ring (bicyclic) bond motifs is 1. The van der Waals surface area contributed by atoms with Crippen LogP contribution < -0.4 is 5.32 Å². The molecule has 0 saturated heterocycles. The van der Waals surface area contributed by atoms with E-state index in [1.807, 2.05) is 6.07 Å². The van der Waals surface area contributed by atoms with Crippen molar-refractivity contribution >= 4 is 39.1 Å². The quantitative estimate of drug-likeness (QED) is 0.719. The molecular weight excluding hydrogens is 350 g/mol. The molecule has 0 fully saturated rings. The minimum atomic E-state index is -0.359. The second kappa shape index (κ2) is 6.10. The zero-order chi connectivity index (χ0) is 15.5. The second-order valence-corrected chi connectivity index (χ2v) is 5.16. The van der Waals surface area contributed by atoms with Crippen LogP contribution in [0.3, 0.4) is 0 Å². The summed E-state index contributed by atoms with van der Waals surface area (Å²) in [5, 5.41) is 7.23. The number of ether oxygens (including phenoxy) is 1. The van der Waals surface area contributed by atoms with Gasteiger partial charge in [-0.05, 0) is 41.1 Å². The van der Waals surface area contributed by atoms with Crippen LogP contribution in [-0.2, 0) is 4.74 Å². The van der Waals surface area contributed by atoms with E-state index in [9.17, 15) is 4.79 Å². The molecule has 0 aliphatic carbocycles. The predicted molar refractivity (Wildman–Crippen MR) is 84.2 cm³/mol. The van der Waals surface area contributed by atoms with Gasteiger partial charge in [-0.1, -0.05) is 6.07 Å². The fraction of sp³-hybridized carbons (Fsp3) is 0.143. The van der Waals surface area contributed by atoms with E-state index < -0.39 is 0 Å². The number of hydrogen-bond acceptors (Lipinski definition) is 6. The van der Waals surface area contributed by atoms with E-state index in [2.05, 4.69) is 36.3 Å². The summed E-state index contributed by atoms with van der Waals surface area (Å²) in [6, 6.07) is 7.01. The van der Waals surface area contributed by atoms with Gasteiger partial charge >= 0.3 is 5.97 Å². The Labute approximate surface area is 134 Å². The minimum absolute atomic E-state index is 0.338. The molecule has 0 bridgehead atoms. The first-order chi connectivity index (χ1) is 10.7. The van der Waals surface area contributed by atoms with Gasteiger partial charge in [0.25, 0.3) is 0 Å². The van der Waals surface area contributed by atoms with Crippen molar-refractivity contribution in [2.45, 2.75) is 6.92 Å². The van der Waals surface area contributed by atoms with E-state index in [0.717, 1.165) is 0 Å². The maximum Gasteiger partial charge on any atom is 0.338 e. The number of carbonyl (C=O) groups is 1. The van der Waals surface area contributed by atoms with Crippen LogP contribution in [0.1, 0.15) is 17.3 Å². The topological polar surface area (TPSA) is 81.4 Å². The summed E-state index contributed by atoms with van der Waals surface area (Å²) < 4.78 is 7.31. The van der Waals surface area contributed by atoms with Gasteiger partial charge in [0.15, 0.2) is 11.5 Å². The lowest BCUT2D eigenvalue weighted by atomic mass is 10.2. The van der Waals surface area contributed by atoms with Crippen molar-refractivity contribution in [2.75, 3.05) is 11.9 Å². The molecule has 1 N–H and O–H groups in total. The smallest absolute Gasteiger partial charge is 0.338 e. The zero-order valence-electron chi connectivity index (χ0n) is 11.7. The minimum Gasteiger partial charge on any atom is -0.462 e. The lowest BCUT2D eigenvalue weighted by Crippen LogP contribution is -2.05. The third kappa shape index (κ3) is 2.77. The largest absolute Gasteiger partial charge is 0.462 e. The van der Waals surface area contributed by atoms with E-state index in [0.29, 0.717) is 33.9 Å². The summed E-state index contributed by atoms with van der Waals surface area (Å²) in [6.45, 7) is 2.11. The molecule has 0 amide bonds. The number of halogens is 1. The van der Waals surface area contributed by atoms with Crippen LogP contribution in [0.2, 0.25) is 0 Å². The third-order valence-corrected chi connectivity index (χ3v) is 3.44. The second-order valence-electron chi connectivity index (χ2n) is 4.35. The third-order valence-electron chi connectivity index (χ3n) is 2.90. The molecule has 3 rings (SSSR count). The number of carbonyl (C=O) groups excluding carboxylic acids is 1.